The van der Waals surface area contributed by atoms with Gasteiger partial charge in [-0.1, -0.05) is 13.8 Å². The predicted molar refractivity (Wildman–Crippen MR) is 76.7 cm³/mol. The number of carbonyl (C=O) groups is 1. The lowest BCUT2D eigenvalue weighted by Crippen LogP contribution is -2.47. The summed E-state index contributed by atoms with van der Waals surface area (Å²) in [6.45, 7) is 3.41. The number of nitrogen functional groups attached to an aromatic ring is 1. The van der Waals surface area contributed by atoms with E-state index in [4.69, 9.17) is 11.5 Å². The molecule has 1 aromatic rings. The lowest BCUT2D eigenvalue weighted by atomic mass is 10.1. The number of hydrogen-bond donors (Lipinski definition) is 3. The summed E-state index contributed by atoms with van der Waals surface area (Å²) in [5.74, 6) is -0.968. The first-order valence-electron chi connectivity index (χ1n) is 5.52. The van der Waals surface area contributed by atoms with Gasteiger partial charge in [-0.3, -0.25) is 4.79 Å². The molecular formula is C11H16BrN3O3S. The fourth-order valence-electron chi connectivity index (χ4n) is 1.49. The van der Waals surface area contributed by atoms with Gasteiger partial charge in [0.15, 0.2) is 0 Å². The Morgan fingerprint density at radius 1 is 1.37 bits per heavy atom. The second-order valence-electron chi connectivity index (χ2n) is 4.44. The molecule has 8 heteroatoms. The molecule has 0 heterocycles. The summed E-state index contributed by atoms with van der Waals surface area (Å²) >= 11 is 3.13. The zero-order valence-electron chi connectivity index (χ0n) is 10.6. The van der Waals surface area contributed by atoms with Crippen LogP contribution in [0.5, 0.6) is 0 Å². The van der Waals surface area contributed by atoms with Crippen molar-refractivity contribution < 1.29 is 13.2 Å². The standard InChI is InChI=1S/C11H16BrN3O3S/c1-6(2)10(11(14)16)15-19(17,18)9-4-3-7(13)5-8(9)12/h3-6,10,15H,13H2,1-2H3,(H2,14,16). The minimum Gasteiger partial charge on any atom is -0.399 e. The highest BCUT2D eigenvalue weighted by molar-refractivity contribution is 9.10. The van der Waals surface area contributed by atoms with Crippen LogP contribution in [0.1, 0.15) is 13.8 Å². The Bertz CT molecular complexity index is 587. The maximum atomic E-state index is 12.2. The minimum absolute atomic E-state index is 0.00796. The van der Waals surface area contributed by atoms with Crippen LogP contribution >= 0.6 is 15.9 Å². The fraction of sp³-hybridized carbons (Fsp3) is 0.364. The van der Waals surface area contributed by atoms with E-state index < -0.39 is 22.0 Å². The first kappa shape index (κ1) is 15.9. The molecule has 0 radical (unpaired) electrons. The Morgan fingerprint density at radius 2 is 1.95 bits per heavy atom. The highest BCUT2D eigenvalue weighted by Gasteiger charge is 2.27. The zero-order valence-corrected chi connectivity index (χ0v) is 13.0. The smallest absolute Gasteiger partial charge is 0.242 e. The van der Waals surface area contributed by atoms with E-state index in [2.05, 4.69) is 20.7 Å². The van der Waals surface area contributed by atoms with Crippen LogP contribution in [0.25, 0.3) is 0 Å². The molecule has 19 heavy (non-hydrogen) atoms. The molecule has 0 bridgehead atoms. The van der Waals surface area contributed by atoms with Crippen molar-refractivity contribution in [3.05, 3.63) is 22.7 Å². The molecule has 5 N–H and O–H groups in total. The average Bonchev–Trinajstić information content (AvgIpc) is 2.24. The van der Waals surface area contributed by atoms with E-state index in [1.807, 2.05) is 0 Å². The maximum Gasteiger partial charge on any atom is 0.242 e. The second kappa shape index (κ2) is 5.89. The molecular weight excluding hydrogens is 334 g/mol. The van der Waals surface area contributed by atoms with Gasteiger partial charge < -0.3 is 11.5 Å². The molecule has 0 saturated heterocycles. The molecule has 106 valence electrons. The van der Waals surface area contributed by atoms with Crippen LogP contribution in [0.4, 0.5) is 5.69 Å². The molecule has 1 aromatic carbocycles. The van der Waals surface area contributed by atoms with Crippen LogP contribution in [0, 0.1) is 5.92 Å². The van der Waals surface area contributed by atoms with Crippen LogP contribution in [0.15, 0.2) is 27.6 Å². The Labute approximate surface area is 120 Å². The summed E-state index contributed by atoms with van der Waals surface area (Å²) < 4.78 is 27.0. The third-order valence-corrected chi connectivity index (χ3v) is 4.92. The summed E-state index contributed by atoms with van der Waals surface area (Å²) in [6.07, 6.45) is 0. The molecule has 0 aliphatic carbocycles. The summed E-state index contributed by atoms with van der Waals surface area (Å²) in [4.78, 5) is 11.3. The summed E-state index contributed by atoms with van der Waals surface area (Å²) in [7, 11) is -3.85. The molecule has 0 aliphatic heterocycles. The Balaban J connectivity index is 3.14. The monoisotopic (exact) mass is 349 g/mol. The number of anilines is 1. The van der Waals surface area contributed by atoms with E-state index in [-0.39, 0.29) is 10.8 Å². The molecule has 1 amide bonds. The van der Waals surface area contributed by atoms with Crippen LogP contribution in [-0.4, -0.2) is 20.4 Å². The van der Waals surface area contributed by atoms with Gasteiger partial charge in [0.2, 0.25) is 15.9 Å². The van der Waals surface area contributed by atoms with Crippen molar-refractivity contribution in [2.24, 2.45) is 11.7 Å². The Morgan fingerprint density at radius 3 is 2.37 bits per heavy atom. The number of halogens is 1. The third-order valence-electron chi connectivity index (χ3n) is 2.50. The van der Waals surface area contributed by atoms with E-state index >= 15 is 0 Å². The van der Waals surface area contributed by atoms with E-state index in [0.717, 1.165) is 0 Å². The number of hydrogen-bond acceptors (Lipinski definition) is 4. The van der Waals surface area contributed by atoms with Crippen molar-refractivity contribution in [1.29, 1.82) is 0 Å². The van der Waals surface area contributed by atoms with Crippen molar-refractivity contribution in [1.82, 2.24) is 4.72 Å². The van der Waals surface area contributed by atoms with Gasteiger partial charge in [-0.15, -0.1) is 0 Å². The van der Waals surface area contributed by atoms with Crippen LogP contribution in [0.2, 0.25) is 0 Å². The molecule has 1 rings (SSSR count). The predicted octanol–water partition coefficient (Wildman–Crippen LogP) is 0.820. The normalized spacial score (nSPS) is 13.5. The average molecular weight is 350 g/mol. The van der Waals surface area contributed by atoms with Gasteiger partial charge in [0.05, 0.1) is 4.90 Å². The van der Waals surface area contributed by atoms with E-state index in [0.29, 0.717) is 10.2 Å². The lowest BCUT2D eigenvalue weighted by molar-refractivity contribution is -0.120. The number of benzene rings is 1. The van der Waals surface area contributed by atoms with Crippen LogP contribution in [0.3, 0.4) is 0 Å². The third kappa shape index (κ3) is 3.92. The lowest BCUT2D eigenvalue weighted by Gasteiger charge is -2.19. The maximum absolute atomic E-state index is 12.2. The SMILES string of the molecule is CC(C)C(NS(=O)(=O)c1ccc(N)cc1Br)C(N)=O. The number of sulfonamides is 1. The number of primary amides is 1. The number of nitrogens with one attached hydrogen (secondary N) is 1. The Hall–Kier alpha value is -1.12. The number of rotatable bonds is 5. The molecule has 0 fully saturated rings. The summed E-state index contributed by atoms with van der Waals surface area (Å²) in [5.41, 5.74) is 11.2. The zero-order chi connectivity index (χ0) is 14.8. The largest absolute Gasteiger partial charge is 0.399 e. The van der Waals surface area contributed by atoms with Crippen molar-refractivity contribution >= 4 is 37.5 Å². The van der Waals surface area contributed by atoms with E-state index in [1.54, 1.807) is 13.8 Å². The van der Waals surface area contributed by atoms with Gasteiger partial charge in [-0.2, -0.15) is 4.72 Å². The molecule has 6 nitrogen and oxygen atoms in total. The highest BCUT2D eigenvalue weighted by atomic mass is 79.9. The van der Waals surface area contributed by atoms with Crippen molar-refractivity contribution in [2.75, 3.05) is 5.73 Å². The number of carbonyl (C=O) groups excluding carboxylic acids is 1. The second-order valence-corrected chi connectivity index (χ2v) is 6.97. The molecule has 0 aromatic heterocycles. The van der Waals surface area contributed by atoms with Gasteiger partial charge >= 0.3 is 0 Å². The molecule has 0 spiro atoms. The number of amides is 1. The van der Waals surface area contributed by atoms with E-state index in [9.17, 15) is 13.2 Å². The first-order chi connectivity index (χ1) is 8.65. The molecule has 0 aliphatic rings. The molecule has 0 saturated carbocycles. The molecule has 1 atom stereocenters. The minimum atomic E-state index is -3.85. The van der Waals surface area contributed by atoms with Crippen LogP contribution < -0.4 is 16.2 Å². The van der Waals surface area contributed by atoms with Gasteiger partial charge in [-0.25, -0.2) is 8.42 Å². The molecule has 1 unspecified atom stereocenters. The summed E-state index contributed by atoms with van der Waals surface area (Å²) in [6, 6.07) is 3.34. The number of nitrogens with two attached hydrogens (primary N) is 2. The van der Waals surface area contributed by atoms with Crippen molar-refractivity contribution in [3.63, 3.8) is 0 Å². The van der Waals surface area contributed by atoms with Crippen LogP contribution in [-0.2, 0) is 14.8 Å². The van der Waals surface area contributed by atoms with Crippen molar-refractivity contribution in [3.8, 4) is 0 Å². The van der Waals surface area contributed by atoms with Gasteiger partial charge in [0, 0.05) is 10.2 Å². The summed E-state index contributed by atoms with van der Waals surface area (Å²) in [5, 5.41) is 0. The topological polar surface area (TPSA) is 115 Å². The quantitative estimate of drug-likeness (QED) is 0.682. The first-order valence-corrected chi connectivity index (χ1v) is 7.79. The van der Waals surface area contributed by atoms with E-state index in [1.165, 1.54) is 18.2 Å². The van der Waals surface area contributed by atoms with Gasteiger partial charge in [0.1, 0.15) is 6.04 Å². The fourth-order valence-corrected chi connectivity index (χ4v) is 3.94. The van der Waals surface area contributed by atoms with Gasteiger partial charge in [-0.05, 0) is 40.0 Å². The van der Waals surface area contributed by atoms with Crippen molar-refractivity contribution in [2.45, 2.75) is 24.8 Å². The van der Waals surface area contributed by atoms with Gasteiger partial charge in [0.25, 0.3) is 0 Å². The Kier molecular flexibility index (Phi) is 4.94. The highest BCUT2D eigenvalue weighted by Crippen LogP contribution is 2.24.